The number of aromatic nitrogens is 4. The molecule has 26 nitrogen and oxygen atoms in total. The van der Waals surface area contributed by atoms with Gasteiger partial charge in [-0.15, -0.1) is 0 Å². The van der Waals surface area contributed by atoms with Crippen molar-refractivity contribution in [2.45, 2.75) is 89.4 Å². The van der Waals surface area contributed by atoms with E-state index in [2.05, 4.69) is 34.4 Å². The van der Waals surface area contributed by atoms with E-state index in [0.717, 1.165) is 29.0 Å². The van der Waals surface area contributed by atoms with Crippen LogP contribution in [0.2, 0.25) is 0 Å². The fourth-order valence-electron chi connectivity index (χ4n) is 5.55. The van der Waals surface area contributed by atoms with Crippen LogP contribution in [-0.2, 0) is 55.5 Å². The first kappa shape index (κ1) is 55.6. The number of aliphatic hydroxyl groups is 2. The molecule has 1 aliphatic heterocycles. The molecule has 30 heteroatoms. The third-order valence-corrected chi connectivity index (χ3v) is 12.9. The average Bonchev–Trinajstić information content (AvgIpc) is 3.77. The van der Waals surface area contributed by atoms with Crippen molar-refractivity contribution in [2.24, 2.45) is 5.41 Å². The number of hydrogen-bond acceptors (Lipinski definition) is 19. The number of aliphatic hydroxyl groups excluding tert-OH is 2. The predicted octanol–water partition coefficient (Wildman–Crippen LogP) is 1.76. The number of nitrogens with one attached hydrogen (secondary N) is 2. The van der Waals surface area contributed by atoms with Crippen LogP contribution in [0.1, 0.15) is 65.0 Å². The van der Waals surface area contributed by atoms with Gasteiger partial charge in [0.2, 0.25) is 11.8 Å². The van der Waals surface area contributed by atoms with Gasteiger partial charge in [-0.3, -0.25) is 37.3 Å². The highest BCUT2D eigenvalue weighted by atomic mass is 32.2. The number of nitrogen functional groups attached to an aromatic ring is 1. The Kier molecular flexibility index (Phi) is 22.2. The summed E-state index contributed by atoms with van der Waals surface area (Å²) < 4.78 is 62.3. The number of nitrogens with two attached hydrogens (primary N) is 1. The number of fused-ring (bicyclic) bond motifs is 1. The van der Waals surface area contributed by atoms with Gasteiger partial charge in [0.1, 0.15) is 36.3 Å². The number of allylic oxidation sites excluding steroid dienone is 6. The minimum absolute atomic E-state index is 0.0238. The molecule has 3 heterocycles. The SMILES string of the molecule is CC(C)(COP(=O)(O)OP(=O)(O)OCC1OC(n2cnc3c(N)ncnc32)C(O)C1OP(=O)(O)O)C(O)C(=O)NCCC(=O)NCCSC(=O)CC/C=C/C/C=C/C/C=C/CCC(=O)O. The van der Waals surface area contributed by atoms with E-state index < -0.39 is 90.5 Å². The molecule has 3 rings (SSSR count). The minimum atomic E-state index is -5.59. The second kappa shape index (κ2) is 26.0. The number of carboxylic acid groups (broad SMARTS) is 1. The quantitative estimate of drug-likeness (QED) is 0.0315. The summed E-state index contributed by atoms with van der Waals surface area (Å²) in [7, 11) is -16.4. The van der Waals surface area contributed by atoms with Gasteiger partial charge in [-0.25, -0.2) is 28.6 Å². The second-order valence-corrected chi connectivity index (χ2v) is 20.0. The van der Waals surface area contributed by atoms with Gasteiger partial charge in [-0.2, -0.15) is 4.31 Å². The maximum atomic E-state index is 12.7. The van der Waals surface area contributed by atoms with Crippen molar-refractivity contribution in [1.29, 1.82) is 0 Å². The number of imidazole rings is 1. The zero-order chi connectivity index (χ0) is 48.4. The lowest BCUT2D eigenvalue weighted by molar-refractivity contribution is -0.137. The summed E-state index contributed by atoms with van der Waals surface area (Å²) in [6.45, 7) is 0.405. The standard InChI is InChI=1S/C35H54N7O19P3S/c1-35(2,30(48)33(49)38-16-15-24(43)37-17-18-65-26(46)14-12-10-8-6-4-3-5-7-9-11-13-25(44)45)20-58-64(55,56)61-63(53,54)57-19-23-29(60-62(50,51)52)28(47)34(59-23)42-22-41-27-31(36)39-21-40-32(27)42/h3-4,7-10,21-23,28-30,34,47-48H,5-6,11-20H2,1-2H3,(H,37,43)(H,38,49)(H,44,45)(H,53,54)(H,55,56)(H2,36,39,40)(H2,50,51,52)/b4-3+,9-7+,10-8+. The van der Waals surface area contributed by atoms with Gasteiger partial charge in [0.05, 0.1) is 19.5 Å². The molecule has 7 unspecified atom stereocenters. The third kappa shape index (κ3) is 19.9. The number of thioether (sulfide) groups is 1. The topological polar surface area (TPSA) is 401 Å². The molecule has 2 aromatic rings. The lowest BCUT2D eigenvalue weighted by Gasteiger charge is -2.30. The fourth-order valence-corrected chi connectivity index (χ4v) is 9.08. The van der Waals surface area contributed by atoms with E-state index in [-0.39, 0.29) is 48.0 Å². The number of phosphoric ester groups is 3. The maximum absolute atomic E-state index is 12.7. The summed E-state index contributed by atoms with van der Waals surface area (Å²) in [4.78, 5) is 98.5. The highest BCUT2D eigenvalue weighted by Crippen LogP contribution is 2.61. The van der Waals surface area contributed by atoms with Gasteiger partial charge in [0, 0.05) is 43.5 Å². The summed E-state index contributed by atoms with van der Waals surface area (Å²) >= 11 is 1.06. The molecular weight excluding hydrogens is 947 g/mol. The zero-order valence-electron chi connectivity index (χ0n) is 35.1. The first-order chi connectivity index (χ1) is 30.4. The van der Waals surface area contributed by atoms with Crippen LogP contribution < -0.4 is 16.4 Å². The number of rotatable bonds is 29. The number of anilines is 1. The average molecular weight is 1000 g/mol. The molecule has 0 aromatic carbocycles. The van der Waals surface area contributed by atoms with Gasteiger partial charge < -0.3 is 56.0 Å². The molecule has 0 radical (unpaired) electrons. The Labute approximate surface area is 376 Å². The number of carbonyl (C=O) groups is 4. The Balaban J connectivity index is 1.35. The van der Waals surface area contributed by atoms with Gasteiger partial charge in [-0.1, -0.05) is 62.1 Å². The van der Waals surface area contributed by atoms with E-state index in [0.29, 0.717) is 37.9 Å². The van der Waals surface area contributed by atoms with E-state index >= 15 is 0 Å². The summed E-state index contributed by atoms with van der Waals surface area (Å²) in [6, 6.07) is 0. The monoisotopic (exact) mass is 1000 g/mol. The number of ether oxygens (including phenoxy) is 1. The van der Waals surface area contributed by atoms with Crippen LogP contribution in [0.4, 0.5) is 5.82 Å². The molecule has 0 spiro atoms. The van der Waals surface area contributed by atoms with Crippen molar-refractivity contribution in [3.63, 3.8) is 0 Å². The van der Waals surface area contributed by atoms with Crippen molar-refractivity contribution in [3.8, 4) is 0 Å². The van der Waals surface area contributed by atoms with E-state index in [9.17, 15) is 62.7 Å². The minimum Gasteiger partial charge on any atom is -0.481 e. The molecule has 0 saturated carbocycles. The van der Waals surface area contributed by atoms with E-state index in [4.69, 9.17) is 24.6 Å². The molecule has 364 valence electrons. The second-order valence-electron chi connectivity index (χ2n) is 14.6. The van der Waals surface area contributed by atoms with Gasteiger partial charge in [-0.05, 0) is 25.7 Å². The summed E-state index contributed by atoms with van der Waals surface area (Å²) in [5.41, 5.74) is 4.24. The van der Waals surface area contributed by atoms with Crippen LogP contribution in [0.25, 0.3) is 11.2 Å². The molecule has 0 aliphatic carbocycles. The Morgan fingerprint density at radius 2 is 1.55 bits per heavy atom. The summed E-state index contributed by atoms with van der Waals surface area (Å²) in [6.07, 6.45) is 7.32. The molecule has 0 bridgehead atoms. The normalized spacial score (nSPS) is 20.6. The molecule has 7 atom stereocenters. The number of phosphoric acid groups is 3. The molecule has 1 aliphatic rings. The molecule has 1 fully saturated rings. The van der Waals surface area contributed by atoms with Crippen LogP contribution in [0.15, 0.2) is 49.1 Å². The number of amides is 2. The summed E-state index contributed by atoms with van der Waals surface area (Å²) in [5.74, 6) is -2.01. The number of nitrogens with zero attached hydrogens (tertiary/aromatic N) is 4. The Morgan fingerprint density at radius 3 is 2.20 bits per heavy atom. The van der Waals surface area contributed by atoms with Crippen LogP contribution in [-0.4, -0.2) is 134 Å². The van der Waals surface area contributed by atoms with Crippen LogP contribution >= 0.6 is 35.2 Å². The van der Waals surface area contributed by atoms with Crippen molar-refractivity contribution in [3.05, 3.63) is 49.1 Å². The Morgan fingerprint density at radius 1 is 0.923 bits per heavy atom. The van der Waals surface area contributed by atoms with Crippen molar-refractivity contribution in [1.82, 2.24) is 30.2 Å². The van der Waals surface area contributed by atoms with Crippen molar-refractivity contribution >= 4 is 75.1 Å². The highest BCUT2D eigenvalue weighted by molar-refractivity contribution is 8.13. The molecule has 11 N–H and O–H groups in total. The van der Waals surface area contributed by atoms with Crippen LogP contribution in [0.3, 0.4) is 0 Å². The number of carbonyl (C=O) groups excluding carboxylic acids is 3. The van der Waals surface area contributed by atoms with Crippen molar-refractivity contribution in [2.75, 3.05) is 37.8 Å². The first-order valence-corrected chi connectivity index (χ1v) is 25.1. The van der Waals surface area contributed by atoms with E-state index in [1.54, 1.807) is 0 Å². The number of carboxylic acids is 1. The number of aliphatic carboxylic acids is 1. The van der Waals surface area contributed by atoms with Crippen LogP contribution in [0, 0.1) is 5.41 Å². The third-order valence-electron chi connectivity index (χ3n) is 8.85. The molecule has 2 aromatic heterocycles. The molecule has 65 heavy (non-hydrogen) atoms. The van der Waals surface area contributed by atoms with Crippen molar-refractivity contribution < 1.29 is 90.4 Å². The summed E-state index contributed by atoms with van der Waals surface area (Å²) in [5, 5.41) is 35.0. The first-order valence-electron chi connectivity index (χ1n) is 19.6. The Hall–Kier alpha value is -3.75. The number of hydrogen-bond donors (Lipinski definition) is 10. The molecular formula is C35H54N7O19P3S. The lowest BCUT2D eigenvalue weighted by Crippen LogP contribution is -2.46. The zero-order valence-corrected chi connectivity index (χ0v) is 38.6. The molecule has 2 amide bonds. The van der Waals surface area contributed by atoms with Gasteiger partial charge in [0.25, 0.3) is 0 Å². The van der Waals surface area contributed by atoms with E-state index in [1.807, 2.05) is 36.5 Å². The van der Waals surface area contributed by atoms with Gasteiger partial charge >= 0.3 is 29.4 Å². The Bertz CT molecular complexity index is 2170. The lowest BCUT2D eigenvalue weighted by atomic mass is 9.87. The maximum Gasteiger partial charge on any atom is 0.481 e. The van der Waals surface area contributed by atoms with Crippen LogP contribution in [0.5, 0.6) is 0 Å². The predicted molar refractivity (Wildman–Crippen MR) is 230 cm³/mol. The largest absolute Gasteiger partial charge is 0.481 e. The van der Waals surface area contributed by atoms with E-state index in [1.165, 1.54) is 13.8 Å². The smallest absolute Gasteiger partial charge is 0.481 e. The molecule has 1 saturated heterocycles. The fraction of sp³-hybridized carbons (Fsp3) is 0.571. The van der Waals surface area contributed by atoms with Gasteiger partial charge in [0.15, 0.2) is 22.8 Å². The highest BCUT2D eigenvalue weighted by Gasteiger charge is 2.50.